The number of rotatable bonds is 20. The van der Waals surface area contributed by atoms with Gasteiger partial charge in [0.05, 0.1) is 0 Å². The van der Waals surface area contributed by atoms with Gasteiger partial charge in [0.1, 0.15) is 35.8 Å². The summed E-state index contributed by atoms with van der Waals surface area (Å²) >= 11 is 0. The zero-order valence-electron chi connectivity index (χ0n) is 34.0. The molecule has 5 amide bonds. The third kappa shape index (κ3) is 16.9. The Labute approximate surface area is 336 Å². The normalized spacial score (nSPS) is 14.0. The Kier molecular flexibility index (Phi) is 17.7. The number of nitrogens with one attached hydrogen (secondary N) is 5. The van der Waals surface area contributed by atoms with E-state index in [-0.39, 0.29) is 43.9 Å². The summed E-state index contributed by atoms with van der Waals surface area (Å²) < 4.78 is 5.43. The van der Waals surface area contributed by atoms with Crippen molar-refractivity contribution in [2.75, 3.05) is 0 Å². The molecule has 0 aliphatic carbocycles. The highest BCUT2D eigenvalue weighted by molar-refractivity contribution is 5.96. The number of aliphatic carboxylic acids is 1. The van der Waals surface area contributed by atoms with E-state index in [1.54, 1.807) is 69.3 Å². The highest BCUT2D eigenvalue weighted by atomic mass is 16.6. The maximum absolute atomic E-state index is 14.1. The summed E-state index contributed by atoms with van der Waals surface area (Å²) in [6.45, 7) is 12.6. The van der Waals surface area contributed by atoms with Crippen LogP contribution in [0.4, 0.5) is 4.79 Å². The quantitative estimate of drug-likeness (QED) is 0.0948. The first-order valence-electron chi connectivity index (χ1n) is 19.5. The van der Waals surface area contributed by atoms with Crippen LogP contribution in [0.3, 0.4) is 0 Å². The van der Waals surface area contributed by atoms with E-state index in [9.17, 15) is 33.9 Å². The van der Waals surface area contributed by atoms with E-state index in [2.05, 4.69) is 26.6 Å². The summed E-state index contributed by atoms with van der Waals surface area (Å²) in [7, 11) is 0. The summed E-state index contributed by atoms with van der Waals surface area (Å²) in [5.74, 6) is -3.94. The maximum Gasteiger partial charge on any atom is 0.408 e. The Morgan fingerprint density at radius 3 is 1.12 bits per heavy atom. The van der Waals surface area contributed by atoms with Gasteiger partial charge in [0.25, 0.3) is 0 Å². The van der Waals surface area contributed by atoms with Crippen LogP contribution in [0.1, 0.15) is 78.0 Å². The van der Waals surface area contributed by atoms with E-state index in [1.165, 1.54) is 0 Å². The molecule has 0 radical (unpaired) electrons. The van der Waals surface area contributed by atoms with Crippen molar-refractivity contribution in [2.45, 2.75) is 116 Å². The van der Waals surface area contributed by atoms with Crippen molar-refractivity contribution in [3.05, 3.63) is 108 Å². The average Bonchev–Trinajstić information content (AvgIpc) is 3.13. The van der Waals surface area contributed by atoms with Crippen LogP contribution in [-0.4, -0.2) is 76.6 Å². The number of hydrogen-bond acceptors (Lipinski definition) is 7. The first-order chi connectivity index (χ1) is 26.9. The Morgan fingerprint density at radius 2 is 0.789 bits per heavy atom. The van der Waals surface area contributed by atoms with Crippen LogP contribution in [0.2, 0.25) is 0 Å². The van der Waals surface area contributed by atoms with Gasteiger partial charge >= 0.3 is 12.1 Å². The first-order valence-corrected chi connectivity index (χ1v) is 19.5. The average molecular weight is 786 g/mol. The number of carbonyl (C=O) groups excluding carboxylic acids is 5. The zero-order valence-corrected chi connectivity index (χ0v) is 34.0. The highest BCUT2D eigenvalue weighted by Crippen LogP contribution is 2.13. The predicted molar refractivity (Wildman–Crippen MR) is 218 cm³/mol. The van der Waals surface area contributed by atoms with Crippen molar-refractivity contribution in [1.29, 1.82) is 0 Å². The molecule has 0 saturated heterocycles. The molecule has 0 aliphatic rings. The first kappa shape index (κ1) is 45.7. The molecule has 0 aromatic heterocycles. The van der Waals surface area contributed by atoms with Gasteiger partial charge in [-0.05, 0) is 62.1 Å². The van der Waals surface area contributed by atoms with Crippen molar-refractivity contribution in [2.24, 2.45) is 11.8 Å². The lowest BCUT2D eigenvalue weighted by Gasteiger charge is -2.28. The summed E-state index contributed by atoms with van der Waals surface area (Å²) in [5, 5.41) is 23.6. The molecule has 0 aliphatic heterocycles. The summed E-state index contributed by atoms with van der Waals surface area (Å²) in [4.78, 5) is 80.9. The van der Waals surface area contributed by atoms with Gasteiger partial charge in [0.2, 0.25) is 23.6 Å². The maximum atomic E-state index is 14.1. The summed E-state index contributed by atoms with van der Waals surface area (Å²) in [5.41, 5.74) is 1.40. The predicted octanol–water partition coefficient (Wildman–Crippen LogP) is 4.72. The van der Waals surface area contributed by atoms with Crippen LogP contribution in [0, 0.1) is 11.8 Å². The summed E-state index contributed by atoms with van der Waals surface area (Å²) in [6.07, 6.45) is -0.177. The zero-order chi connectivity index (χ0) is 42.1. The fourth-order valence-corrected chi connectivity index (χ4v) is 6.11. The molecule has 3 aromatic rings. The largest absolute Gasteiger partial charge is 0.480 e. The standard InChI is InChI=1S/C44H59N5O8/c1-28(2)23-33(46-41(53)36(26-31-19-13-9-14-20-31)49-43(56)57-44(5,6)7)38(50)47-35(25-30-17-11-8-12-18-30)40(52)45-34(24-29(3)4)39(51)48-37(42(54)55)27-32-21-15-10-16-22-32/h8-22,28-29,33-37H,23-27H2,1-7H3,(H,45,52)(H,46,53)(H,47,50)(H,48,51)(H,49,56)(H,54,55)/t33-,34-,35-,36-,37-/m0/s1. The molecule has 6 N–H and O–H groups in total. The minimum Gasteiger partial charge on any atom is -0.480 e. The number of benzene rings is 3. The molecule has 0 saturated carbocycles. The second kappa shape index (κ2) is 22.1. The smallest absolute Gasteiger partial charge is 0.408 e. The lowest BCUT2D eigenvalue weighted by molar-refractivity contribution is -0.142. The number of carboxylic acid groups (broad SMARTS) is 1. The van der Waals surface area contributed by atoms with Crippen LogP contribution in [0.25, 0.3) is 0 Å². The van der Waals surface area contributed by atoms with Gasteiger partial charge in [-0.25, -0.2) is 9.59 Å². The van der Waals surface area contributed by atoms with E-state index in [4.69, 9.17) is 4.74 Å². The molecule has 0 fully saturated rings. The van der Waals surface area contributed by atoms with E-state index in [0.29, 0.717) is 0 Å². The molecule has 0 heterocycles. The van der Waals surface area contributed by atoms with Gasteiger partial charge < -0.3 is 36.4 Å². The van der Waals surface area contributed by atoms with E-state index in [1.807, 2.05) is 70.2 Å². The molecular weight excluding hydrogens is 727 g/mol. The third-order valence-corrected chi connectivity index (χ3v) is 8.78. The van der Waals surface area contributed by atoms with Gasteiger partial charge in [-0.15, -0.1) is 0 Å². The van der Waals surface area contributed by atoms with Gasteiger partial charge in [-0.2, -0.15) is 0 Å². The number of amides is 5. The van der Waals surface area contributed by atoms with E-state index < -0.39 is 71.5 Å². The number of ether oxygens (including phenoxy) is 1. The fraction of sp³-hybridized carbons (Fsp3) is 0.455. The third-order valence-electron chi connectivity index (χ3n) is 8.78. The molecule has 0 unspecified atom stereocenters. The van der Waals surface area contributed by atoms with Gasteiger partial charge in [-0.1, -0.05) is 119 Å². The molecule has 0 spiro atoms. The van der Waals surface area contributed by atoms with Crippen LogP contribution >= 0.6 is 0 Å². The number of carboxylic acids is 1. The van der Waals surface area contributed by atoms with E-state index in [0.717, 1.165) is 16.7 Å². The molecule has 308 valence electrons. The summed E-state index contributed by atoms with van der Waals surface area (Å²) in [6, 6.07) is 21.3. The van der Waals surface area contributed by atoms with Gasteiger partial charge in [0.15, 0.2) is 0 Å². The Hall–Kier alpha value is -5.72. The molecular formula is C44H59N5O8. The van der Waals surface area contributed by atoms with Crippen molar-refractivity contribution in [3.63, 3.8) is 0 Å². The minimum absolute atomic E-state index is 0.0411. The van der Waals surface area contributed by atoms with Crippen LogP contribution in [0.15, 0.2) is 91.0 Å². The van der Waals surface area contributed by atoms with Gasteiger partial charge in [0, 0.05) is 19.3 Å². The van der Waals surface area contributed by atoms with Crippen LogP contribution in [-0.2, 0) is 48.0 Å². The minimum atomic E-state index is -1.25. The van der Waals surface area contributed by atoms with E-state index >= 15 is 0 Å². The number of hydrogen-bond donors (Lipinski definition) is 6. The molecule has 57 heavy (non-hydrogen) atoms. The second-order valence-corrected chi connectivity index (χ2v) is 16.1. The van der Waals surface area contributed by atoms with Crippen LogP contribution < -0.4 is 26.6 Å². The van der Waals surface area contributed by atoms with Crippen molar-refractivity contribution in [1.82, 2.24) is 26.6 Å². The highest BCUT2D eigenvalue weighted by Gasteiger charge is 2.34. The van der Waals surface area contributed by atoms with Crippen molar-refractivity contribution >= 4 is 35.7 Å². The monoisotopic (exact) mass is 785 g/mol. The fourth-order valence-electron chi connectivity index (χ4n) is 6.11. The second-order valence-electron chi connectivity index (χ2n) is 16.1. The van der Waals surface area contributed by atoms with Crippen LogP contribution in [0.5, 0.6) is 0 Å². The molecule has 5 atom stereocenters. The Bertz CT molecular complexity index is 1760. The number of carbonyl (C=O) groups is 6. The Balaban J connectivity index is 1.87. The van der Waals surface area contributed by atoms with Crippen molar-refractivity contribution in [3.8, 4) is 0 Å². The topological polar surface area (TPSA) is 192 Å². The number of alkyl carbamates (subject to hydrolysis) is 1. The molecule has 0 bridgehead atoms. The molecule has 3 rings (SSSR count). The Morgan fingerprint density at radius 1 is 0.491 bits per heavy atom. The lowest BCUT2D eigenvalue weighted by Crippen LogP contribution is -2.60. The van der Waals surface area contributed by atoms with Crippen molar-refractivity contribution < 1.29 is 38.6 Å². The van der Waals surface area contributed by atoms with Gasteiger partial charge in [-0.3, -0.25) is 19.2 Å². The molecule has 13 nitrogen and oxygen atoms in total. The SMILES string of the molecule is CC(C)C[C@H](NC(=O)[C@H](Cc1ccccc1)NC(=O)[C@H](CC(C)C)NC(=O)[C@H](Cc1ccccc1)NC(=O)OC(C)(C)C)C(=O)N[C@@H](Cc1ccccc1)C(=O)O. The lowest BCUT2D eigenvalue weighted by atomic mass is 9.98. The molecule has 3 aromatic carbocycles. The molecule has 13 heteroatoms.